The highest BCUT2D eigenvalue weighted by Gasteiger charge is 2.02. The first-order chi connectivity index (χ1) is 11.2. The fraction of sp³-hybridized carbons (Fsp3) is 0.222. The molecule has 1 N–H and O–H groups in total. The average Bonchev–Trinajstić information content (AvgIpc) is 2.55. The molecule has 0 atom stereocenters. The number of nitrogens with one attached hydrogen (secondary N) is 1. The van der Waals surface area contributed by atoms with Crippen molar-refractivity contribution in [1.82, 2.24) is 5.43 Å². The number of aryl methyl sites for hydroxylation is 1. The lowest BCUT2D eigenvalue weighted by Gasteiger charge is -2.06. The molecule has 0 unspecified atom stereocenters. The SMILES string of the molecule is CCOc1ccccc1C=NNC(=O)COc1cccc(C)c1. The molecule has 0 spiro atoms. The van der Waals surface area contributed by atoms with Gasteiger partial charge in [-0.3, -0.25) is 4.79 Å². The van der Waals surface area contributed by atoms with Gasteiger partial charge in [0.15, 0.2) is 6.61 Å². The highest BCUT2D eigenvalue weighted by atomic mass is 16.5. The van der Waals surface area contributed by atoms with Crippen LogP contribution < -0.4 is 14.9 Å². The number of para-hydroxylation sites is 1. The maximum absolute atomic E-state index is 11.7. The Bertz CT molecular complexity index is 683. The van der Waals surface area contributed by atoms with E-state index in [9.17, 15) is 4.79 Å². The fourth-order valence-electron chi connectivity index (χ4n) is 1.93. The molecule has 0 aliphatic heterocycles. The highest BCUT2D eigenvalue weighted by Crippen LogP contribution is 2.15. The number of ether oxygens (including phenoxy) is 2. The Morgan fingerprint density at radius 2 is 2.00 bits per heavy atom. The fourth-order valence-corrected chi connectivity index (χ4v) is 1.93. The van der Waals surface area contributed by atoms with Gasteiger partial charge in [-0.2, -0.15) is 5.10 Å². The van der Waals surface area contributed by atoms with Crippen molar-refractivity contribution in [1.29, 1.82) is 0 Å². The minimum atomic E-state index is -0.323. The van der Waals surface area contributed by atoms with Crippen molar-refractivity contribution in [3.8, 4) is 11.5 Å². The highest BCUT2D eigenvalue weighted by molar-refractivity contribution is 5.85. The number of carbonyl (C=O) groups excluding carboxylic acids is 1. The minimum absolute atomic E-state index is 0.0894. The van der Waals surface area contributed by atoms with Crippen LogP contribution >= 0.6 is 0 Å². The Kier molecular flexibility index (Phi) is 6.17. The predicted molar refractivity (Wildman–Crippen MR) is 90.0 cm³/mol. The molecular weight excluding hydrogens is 292 g/mol. The van der Waals surface area contributed by atoms with E-state index in [0.717, 1.165) is 16.9 Å². The van der Waals surface area contributed by atoms with E-state index in [1.54, 1.807) is 6.21 Å². The third-order valence-electron chi connectivity index (χ3n) is 2.97. The molecule has 0 saturated heterocycles. The molecule has 0 fully saturated rings. The van der Waals surface area contributed by atoms with E-state index in [1.165, 1.54) is 0 Å². The molecule has 0 aliphatic rings. The van der Waals surface area contributed by atoms with Crippen molar-refractivity contribution in [2.75, 3.05) is 13.2 Å². The van der Waals surface area contributed by atoms with Crippen LogP contribution in [0.5, 0.6) is 11.5 Å². The molecule has 5 heteroatoms. The van der Waals surface area contributed by atoms with E-state index in [1.807, 2.05) is 62.4 Å². The van der Waals surface area contributed by atoms with Crippen LogP contribution in [0.25, 0.3) is 0 Å². The van der Waals surface area contributed by atoms with E-state index < -0.39 is 0 Å². The summed E-state index contributed by atoms with van der Waals surface area (Å²) in [6.45, 7) is 4.36. The van der Waals surface area contributed by atoms with Gasteiger partial charge in [-0.25, -0.2) is 5.43 Å². The number of hydrazone groups is 1. The van der Waals surface area contributed by atoms with Crippen molar-refractivity contribution in [2.45, 2.75) is 13.8 Å². The number of hydrogen-bond acceptors (Lipinski definition) is 4. The lowest BCUT2D eigenvalue weighted by molar-refractivity contribution is -0.123. The molecule has 5 nitrogen and oxygen atoms in total. The molecule has 0 aliphatic carbocycles. The second kappa shape index (κ2) is 8.58. The van der Waals surface area contributed by atoms with Gasteiger partial charge in [-0.15, -0.1) is 0 Å². The van der Waals surface area contributed by atoms with Crippen LogP contribution in [0.4, 0.5) is 0 Å². The summed E-state index contributed by atoms with van der Waals surface area (Å²) in [6, 6.07) is 15.0. The smallest absolute Gasteiger partial charge is 0.277 e. The summed E-state index contributed by atoms with van der Waals surface area (Å²) in [5.74, 6) is 1.06. The molecule has 0 saturated carbocycles. The molecule has 1 amide bonds. The van der Waals surface area contributed by atoms with Crippen molar-refractivity contribution >= 4 is 12.1 Å². The third-order valence-corrected chi connectivity index (χ3v) is 2.97. The van der Waals surface area contributed by atoms with E-state index in [4.69, 9.17) is 9.47 Å². The van der Waals surface area contributed by atoms with Gasteiger partial charge in [0.1, 0.15) is 11.5 Å². The Hall–Kier alpha value is -2.82. The molecule has 23 heavy (non-hydrogen) atoms. The minimum Gasteiger partial charge on any atom is -0.493 e. The lowest BCUT2D eigenvalue weighted by Crippen LogP contribution is -2.24. The summed E-state index contributed by atoms with van der Waals surface area (Å²) >= 11 is 0. The molecule has 0 aromatic heterocycles. The van der Waals surface area contributed by atoms with Crippen molar-refractivity contribution < 1.29 is 14.3 Å². The first-order valence-electron chi connectivity index (χ1n) is 7.42. The second-order valence-electron chi connectivity index (χ2n) is 4.87. The summed E-state index contributed by atoms with van der Waals surface area (Å²) in [6.07, 6.45) is 1.55. The molecule has 2 rings (SSSR count). The lowest BCUT2D eigenvalue weighted by atomic mass is 10.2. The van der Waals surface area contributed by atoms with E-state index in [2.05, 4.69) is 10.5 Å². The van der Waals surface area contributed by atoms with Crippen molar-refractivity contribution in [3.63, 3.8) is 0 Å². The predicted octanol–water partition coefficient (Wildman–Crippen LogP) is 2.92. The Morgan fingerprint density at radius 1 is 1.17 bits per heavy atom. The number of hydrogen-bond donors (Lipinski definition) is 1. The molecule has 120 valence electrons. The zero-order valence-corrected chi connectivity index (χ0v) is 13.3. The number of benzene rings is 2. The number of carbonyl (C=O) groups is 1. The quantitative estimate of drug-likeness (QED) is 0.631. The van der Waals surface area contributed by atoms with Gasteiger partial charge >= 0.3 is 0 Å². The zero-order chi connectivity index (χ0) is 16.5. The summed E-state index contributed by atoms with van der Waals surface area (Å²) in [5, 5.41) is 3.93. The van der Waals surface area contributed by atoms with E-state index in [-0.39, 0.29) is 12.5 Å². The topological polar surface area (TPSA) is 59.9 Å². The average molecular weight is 312 g/mol. The normalized spacial score (nSPS) is 10.5. The molecule has 0 radical (unpaired) electrons. The van der Waals surface area contributed by atoms with Crippen LogP contribution in [-0.2, 0) is 4.79 Å². The molecule has 0 bridgehead atoms. The zero-order valence-electron chi connectivity index (χ0n) is 13.3. The van der Waals surface area contributed by atoms with Gasteiger partial charge in [0.2, 0.25) is 0 Å². The summed E-state index contributed by atoms with van der Waals surface area (Å²) in [5.41, 5.74) is 4.31. The van der Waals surface area contributed by atoms with Crippen LogP contribution in [0.15, 0.2) is 53.6 Å². The first kappa shape index (κ1) is 16.5. The van der Waals surface area contributed by atoms with Gasteiger partial charge < -0.3 is 9.47 Å². The van der Waals surface area contributed by atoms with Crippen LogP contribution in [0.3, 0.4) is 0 Å². The van der Waals surface area contributed by atoms with Gasteiger partial charge in [0.05, 0.1) is 12.8 Å². The Morgan fingerprint density at radius 3 is 2.78 bits per heavy atom. The van der Waals surface area contributed by atoms with Gasteiger partial charge in [-0.05, 0) is 43.7 Å². The Labute approximate surface area is 135 Å². The van der Waals surface area contributed by atoms with Crippen LogP contribution in [-0.4, -0.2) is 25.3 Å². The monoisotopic (exact) mass is 312 g/mol. The molecular formula is C18H20N2O3. The van der Waals surface area contributed by atoms with Gasteiger partial charge in [0.25, 0.3) is 5.91 Å². The van der Waals surface area contributed by atoms with Crippen LogP contribution in [0.1, 0.15) is 18.1 Å². The maximum Gasteiger partial charge on any atom is 0.277 e. The maximum atomic E-state index is 11.7. The molecule has 2 aromatic carbocycles. The van der Waals surface area contributed by atoms with Crippen LogP contribution in [0.2, 0.25) is 0 Å². The number of amides is 1. The molecule has 2 aromatic rings. The summed E-state index contributed by atoms with van der Waals surface area (Å²) in [7, 11) is 0. The number of rotatable bonds is 7. The van der Waals surface area contributed by atoms with Crippen LogP contribution in [0, 0.1) is 6.92 Å². The van der Waals surface area contributed by atoms with E-state index in [0.29, 0.717) is 12.4 Å². The second-order valence-corrected chi connectivity index (χ2v) is 4.87. The van der Waals surface area contributed by atoms with Gasteiger partial charge in [-0.1, -0.05) is 24.3 Å². The standard InChI is InChI=1S/C18H20N2O3/c1-3-22-17-10-5-4-8-15(17)12-19-20-18(21)13-23-16-9-6-7-14(2)11-16/h4-12H,3,13H2,1-2H3,(H,20,21). The third kappa shape index (κ3) is 5.47. The van der Waals surface area contributed by atoms with Gasteiger partial charge in [0, 0.05) is 5.56 Å². The summed E-state index contributed by atoms with van der Waals surface area (Å²) < 4.78 is 10.9. The largest absolute Gasteiger partial charge is 0.493 e. The van der Waals surface area contributed by atoms with Crippen molar-refractivity contribution in [2.24, 2.45) is 5.10 Å². The Balaban J connectivity index is 1.84. The first-order valence-corrected chi connectivity index (χ1v) is 7.42. The molecule has 0 heterocycles. The summed E-state index contributed by atoms with van der Waals surface area (Å²) in [4.78, 5) is 11.7. The van der Waals surface area contributed by atoms with E-state index >= 15 is 0 Å². The number of nitrogens with zero attached hydrogens (tertiary/aromatic N) is 1. The van der Waals surface area contributed by atoms with Crippen molar-refractivity contribution in [3.05, 3.63) is 59.7 Å².